The van der Waals surface area contributed by atoms with Gasteiger partial charge in [0.1, 0.15) is 0 Å². The third-order valence-corrected chi connectivity index (χ3v) is 3.53. The van der Waals surface area contributed by atoms with Crippen LogP contribution in [0.15, 0.2) is 60.7 Å². The average molecular weight is 332 g/mol. The van der Waals surface area contributed by atoms with Gasteiger partial charge < -0.3 is 13.8 Å². The maximum Gasteiger partial charge on any atom is 2.00 e. The van der Waals surface area contributed by atoms with Gasteiger partial charge >= 0.3 is 19.5 Å². The zero-order chi connectivity index (χ0) is 14.8. The second kappa shape index (κ2) is 11.7. The van der Waals surface area contributed by atoms with Crippen molar-refractivity contribution < 1.29 is 19.5 Å². The molecular weight excluding hydrogens is 306 g/mol. The van der Waals surface area contributed by atoms with Crippen LogP contribution >= 0.6 is 0 Å². The van der Waals surface area contributed by atoms with E-state index in [1.165, 1.54) is 11.1 Å². The van der Waals surface area contributed by atoms with Gasteiger partial charge in [0.05, 0.1) is 0 Å². The van der Waals surface area contributed by atoms with Crippen molar-refractivity contribution in [2.24, 2.45) is 0 Å². The van der Waals surface area contributed by atoms with Crippen LogP contribution in [0.25, 0.3) is 0 Å². The molecule has 0 aliphatic rings. The molecule has 0 saturated carbocycles. The molecule has 2 atom stereocenters. The summed E-state index contributed by atoms with van der Waals surface area (Å²) in [5, 5.41) is 0. The molecule has 1 heteroatoms. The molecule has 0 radical (unpaired) electrons. The molecular formula is C20H26Zn. The normalized spacial score (nSPS) is 12.4. The molecule has 0 aliphatic heterocycles. The minimum absolute atomic E-state index is 0. The van der Waals surface area contributed by atoms with Crippen molar-refractivity contribution in [1.82, 2.24) is 0 Å². The Labute approximate surface area is 143 Å². The fourth-order valence-corrected chi connectivity index (χ4v) is 1.92. The van der Waals surface area contributed by atoms with Gasteiger partial charge in [-0.05, 0) is 0 Å². The van der Waals surface area contributed by atoms with Gasteiger partial charge in [-0.1, -0.05) is 98.5 Å². The van der Waals surface area contributed by atoms with Gasteiger partial charge in [-0.25, -0.2) is 0 Å². The van der Waals surface area contributed by atoms with E-state index in [4.69, 9.17) is 0 Å². The number of benzene rings is 2. The quantitative estimate of drug-likeness (QED) is 0.474. The molecule has 0 spiro atoms. The fraction of sp³-hybridized carbons (Fsp3) is 0.300. The number of rotatable bonds is 4. The first-order chi connectivity index (χ1) is 9.69. The van der Waals surface area contributed by atoms with Crippen molar-refractivity contribution >= 4 is 0 Å². The van der Waals surface area contributed by atoms with E-state index in [-0.39, 0.29) is 19.5 Å². The van der Waals surface area contributed by atoms with E-state index >= 15 is 0 Å². The summed E-state index contributed by atoms with van der Waals surface area (Å²) in [4.78, 5) is 0. The summed E-state index contributed by atoms with van der Waals surface area (Å²) < 4.78 is 0. The van der Waals surface area contributed by atoms with Crippen LogP contribution in [-0.4, -0.2) is 0 Å². The van der Waals surface area contributed by atoms with Crippen molar-refractivity contribution in [2.75, 3.05) is 0 Å². The third-order valence-electron chi connectivity index (χ3n) is 3.53. The van der Waals surface area contributed by atoms with Crippen LogP contribution < -0.4 is 0 Å². The van der Waals surface area contributed by atoms with Crippen LogP contribution in [0.4, 0.5) is 0 Å². The van der Waals surface area contributed by atoms with Gasteiger partial charge in [0.15, 0.2) is 0 Å². The predicted molar refractivity (Wildman–Crippen MR) is 89.7 cm³/mol. The molecule has 2 aromatic carbocycles. The summed E-state index contributed by atoms with van der Waals surface area (Å²) >= 11 is 0. The molecule has 2 aromatic rings. The molecule has 0 nitrogen and oxygen atoms in total. The molecule has 0 saturated heterocycles. The molecule has 0 amide bonds. The van der Waals surface area contributed by atoms with Crippen LogP contribution in [0, 0.1) is 13.8 Å². The zero-order valence-electron chi connectivity index (χ0n) is 13.5. The smallest absolute Gasteiger partial charge is 0.336 e. The van der Waals surface area contributed by atoms with Gasteiger partial charge in [-0.15, -0.1) is 11.8 Å². The van der Waals surface area contributed by atoms with E-state index < -0.39 is 0 Å². The van der Waals surface area contributed by atoms with E-state index in [9.17, 15) is 0 Å². The summed E-state index contributed by atoms with van der Waals surface area (Å²) in [5.74, 6) is 0.919. The molecule has 2 unspecified atom stereocenters. The Kier molecular flexibility index (Phi) is 11.2. The van der Waals surface area contributed by atoms with E-state index in [1.54, 1.807) is 0 Å². The fourth-order valence-electron chi connectivity index (χ4n) is 1.92. The monoisotopic (exact) mass is 330 g/mol. The van der Waals surface area contributed by atoms with Gasteiger partial charge in [-0.2, -0.15) is 0 Å². The van der Waals surface area contributed by atoms with Crippen molar-refractivity contribution in [1.29, 1.82) is 0 Å². The first kappa shape index (κ1) is 20.1. The maximum atomic E-state index is 4.03. The van der Waals surface area contributed by atoms with Crippen molar-refractivity contribution in [3.05, 3.63) is 85.6 Å². The van der Waals surface area contributed by atoms with E-state index in [0.717, 1.165) is 12.8 Å². The standard InChI is InChI=1S/2C10H13.Zn/c2*1-3-9(2)10-7-5-4-6-8-10;/h2*4-9H,2-3H2,1H3;/q2*-1;+2. The Hall–Kier alpha value is -0.937. The first-order valence-electron chi connectivity index (χ1n) is 7.45. The number of hydrogen-bond acceptors (Lipinski definition) is 0. The van der Waals surface area contributed by atoms with Gasteiger partial charge in [0.25, 0.3) is 0 Å². The van der Waals surface area contributed by atoms with Gasteiger partial charge in [-0.3, -0.25) is 0 Å². The second-order valence-electron chi connectivity index (χ2n) is 5.03. The zero-order valence-corrected chi connectivity index (χ0v) is 16.4. The molecule has 0 aromatic heterocycles. The van der Waals surface area contributed by atoms with Crippen LogP contribution in [0.2, 0.25) is 0 Å². The molecule has 0 bridgehead atoms. The first-order valence-corrected chi connectivity index (χ1v) is 7.45. The molecule has 21 heavy (non-hydrogen) atoms. The largest absolute Gasteiger partial charge is 2.00 e. The minimum atomic E-state index is 0. The molecule has 0 N–H and O–H groups in total. The summed E-state index contributed by atoms with van der Waals surface area (Å²) in [5.41, 5.74) is 2.68. The Morgan fingerprint density at radius 2 is 0.952 bits per heavy atom. The molecule has 0 fully saturated rings. The Morgan fingerprint density at radius 1 is 0.667 bits per heavy atom. The predicted octanol–water partition coefficient (Wildman–Crippen LogP) is 6.03. The van der Waals surface area contributed by atoms with Crippen molar-refractivity contribution in [2.45, 2.75) is 38.5 Å². The molecule has 108 valence electrons. The summed E-state index contributed by atoms with van der Waals surface area (Å²) in [6.07, 6.45) is 2.23. The van der Waals surface area contributed by atoms with Crippen LogP contribution in [0.1, 0.15) is 49.7 Å². The third kappa shape index (κ3) is 7.58. The SMILES string of the molecule is [CH2-]C(CC)c1ccccc1.[CH2-]C(CC)c1ccccc1.[Zn+2]. The molecule has 0 heterocycles. The van der Waals surface area contributed by atoms with Crippen LogP contribution in [-0.2, 0) is 19.5 Å². The Morgan fingerprint density at radius 3 is 1.19 bits per heavy atom. The van der Waals surface area contributed by atoms with Gasteiger partial charge in [0, 0.05) is 0 Å². The van der Waals surface area contributed by atoms with Crippen molar-refractivity contribution in [3.8, 4) is 0 Å². The summed E-state index contributed by atoms with van der Waals surface area (Å²) in [7, 11) is 0. The average Bonchev–Trinajstić information content (AvgIpc) is 2.55. The topological polar surface area (TPSA) is 0 Å². The Balaban J connectivity index is 0.000000364. The summed E-state index contributed by atoms with van der Waals surface area (Å²) in [6, 6.07) is 20.8. The van der Waals surface area contributed by atoms with Gasteiger partial charge in [0.2, 0.25) is 0 Å². The minimum Gasteiger partial charge on any atom is -0.336 e. The number of hydrogen-bond donors (Lipinski definition) is 0. The van der Waals surface area contributed by atoms with E-state index in [1.807, 2.05) is 12.1 Å². The summed E-state index contributed by atoms with van der Waals surface area (Å²) in [6.45, 7) is 12.4. The van der Waals surface area contributed by atoms with Crippen LogP contribution in [0.3, 0.4) is 0 Å². The molecule has 2 rings (SSSR count). The maximum absolute atomic E-state index is 4.03. The Bertz CT molecular complexity index is 404. The van der Waals surface area contributed by atoms with Crippen LogP contribution in [0.5, 0.6) is 0 Å². The van der Waals surface area contributed by atoms with E-state index in [0.29, 0.717) is 11.8 Å². The second-order valence-corrected chi connectivity index (χ2v) is 5.03. The van der Waals surface area contributed by atoms with E-state index in [2.05, 4.69) is 76.2 Å². The van der Waals surface area contributed by atoms with Crippen molar-refractivity contribution in [3.63, 3.8) is 0 Å². The molecule has 0 aliphatic carbocycles.